The van der Waals surface area contributed by atoms with E-state index in [4.69, 9.17) is 10.2 Å². The molecule has 160 valence electrons. The zero-order valence-electron chi connectivity index (χ0n) is 12.3. The van der Waals surface area contributed by atoms with Gasteiger partial charge in [0.05, 0.1) is 6.42 Å². The highest BCUT2D eigenvalue weighted by molar-refractivity contribution is 5.91. The van der Waals surface area contributed by atoms with Crippen molar-refractivity contribution in [1.82, 2.24) is 0 Å². The smallest absolute Gasteiger partial charge is 0.401 e. The Morgan fingerprint density at radius 3 is 0.963 bits per heavy atom. The van der Waals surface area contributed by atoms with Crippen LogP contribution in [0.1, 0.15) is 6.42 Å². The summed E-state index contributed by atoms with van der Waals surface area (Å²) in [5, 5.41) is 16.1. The number of hydrogen-bond acceptors (Lipinski definition) is 2. The molecular weight excluding hydrogens is 424 g/mol. The lowest BCUT2D eigenvalue weighted by Gasteiger charge is -2.33. The van der Waals surface area contributed by atoms with E-state index >= 15 is 0 Å². The summed E-state index contributed by atoms with van der Waals surface area (Å²) < 4.78 is 142. The number of carbonyl (C=O) groups is 2. The molecule has 0 bridgehead atoms. The van der Waals surface area contributed by atoms with E-state index < -0.39 is 54.9 Å². The molecule has 16 heteroatoms. The molecule has 0 aliphatic carbocycles. The van der Waals surface area contributed by atoms with Crippen molar-refractivity contribution in [3.63, 3.8) is 0 Å². The van der Waals surface area contributed by atoms with Crippen LogP contribution in [-0.2, 0) is 9.59 Å². The van der Waals surface area contributed by atoms with Gasteiger partial charge in [-0.15, -0.1) is 0 Å². The third-order valence-electron chi connectivity index (χ3n) is 2.41. The molecular formula is C11H8F12O4. The van der Waals surface area contributed by atoms with Gasteiger partial charge < -0.3 is 10.2 Å². The van der Waals surface area contributed by atoms with Crippen molar-refractivity contribution in [1.29, 1.82) is 0 Å². The largest absolute Gasteiger partial charge is 0.481 e. The van der Waals surface area contributed by atoms with Gasteiger partial charge in [0.15, 0.2) is 11.8 Å². The minimum atomic E-state index is -6.73. The van der Waals surface area contributed by atoms with Crippen LogP contribution in [0.3, 0.4) is 0 Å². The average molecular weight is 432 g/mol. The molecule has 0 aromatic carbocycles. The molecule has 0 saturated carbocycles. The minimum absolute atomic E-state index is 0.303. The van der Waals surface area contributed by atoms with Gasteiger partial charge in [-0.3, -0.25) is 4.79 Å². The molecule has 0 fully saturated rings. The van der Waals surface area contributed by atoms with Gasteiger partial charge in [0.25, 0.3) is 0 Å². The van der Waals surface area contributed by atoms with Gasteiger partial charge in [0.1, 0.15) is 0 Å². The number of carboxylic acid groups (broad SMARTS) is 2. The zero-order chi connectivity index (χ0) is 22.6. The highest BCUT2D eigenvalue weighted by Crippen LogP contribution is 2.54. The van der Waals surface area contributed by atoms with Crippen LogP contribution >= 0.6 is 0 Å². The van der Waals surface area contributed by atoms with E-state index in [1.54, 1.807) is 0 Å². The standard InChI is InChI=1S/C6H2F12.C5H6O4/c7-3(8,9)1(4(10,11)12)2(5(13,14)15)6(16,17)18;1-3(5(8)9)2-4(6)7/h1-2H;1-2H2,(H,6,7)(H,8,9). The second-order valence-electron chi connectivity index (χ2n) is 4.60. The number of halogens is 12. The normalized spacial score (nSPS) is 13.3. The topological polar surface area (TPSA) is 74.6 Å². The first-order chi connectivity index (χ1) is 11.5. The van der Waals surface area contributed by atoms with Crippen LogP contribution < -0.4 is 0 Å². The Labute approximate surface area is 141 Å². The Bertz CT molecular complexity index is 482. The maximum absolute atomic E-state index is 11.8. The third kappa shape index (κ3) is 9.93. The summed E-state index contributed by atoms with van der Waals surface area (Å²) in [5.74, 6) is -13.5. The Morgan fingerprint density at radius 2 is 0.889 bits per heavy atom. The van der Waals surface area contributed by atoms with Crippen molar-refractivity contribution >= 4 is 11.9 Å². The van der Waals surface area contributed by atoms with Crippen LogP contribution in [0.15, 0.2) is 12.2 Å². The van der Waals surface area contributed by atoms with Gasteiger partial charge in [-0.2, -0.15) is 52.7 Å². The lowest BCUT2D eigenvalue weighted by Crippen LogP contribution is -2.53. The lowest BCUT2D eigenvalue weighted by molar-refractivity contribution is -0.381. The molecule has 0 rings (SSSR count). The summed E-state index contributed by atoms with van der Waals surface area (Å²) >= 11 is 0. The molecule has 2 N–H and O–H groups in total. The Balaban J connectivity index is 0. The Kier molecular flexibility index (Phi) is 8.71. The second kappa shape index (κ2) is 8.69. The van der Waals surface area contributed by atoms with E-state index in [2.05, 4.69) is 6.58 Å². The van der Waals surface area contributed by atoms with Crippen molar-refractivity contribution in [3.05, 3.63) is 12.2 Å². The van der Waals surface area contributed by atoms with Crippen LogP contribution in [0.4, 0.5) is 52.7 Å². The second-order valence-corrected chi connectivity index (χ2v) is 4.60. The van der Waals surface area contributed by atoms with Gasteiger partial charge >= 0.3 is 36.6 Å². The van der Waals surface area contributed by atoms with Crippen LogP contribution in [0.2, 0.25) is 0 Å². The Morgan fingerprint density at radius 1 is 0.667 bits per heavy atom. The summed E-state index contributed by atoms with van der Waals surface area (Å²) in [4.78, 5) is 19.7. The molecule has 0 atom stereocenters. The number of hydrogen-bond donors (Lipinski definition) is 2. The summed E-state index contributed by atoms with van der Waals surface area (Å²) in [6.45, 7) is 3.01. The molecule has 0 aliphatic heterocycles. The van der Waals surface area contributed by atoms with Crippen LogP contribution in [-0.4, -0.2) is 46.9 Å². The van der Waals surface area contributed by atoms with Crippen molar-refractivity contribution < 1.29 is 72.5 Å². The molecule has 0 aliphatic rings. The van der Waals surface area contributed by atoms with Crippen molar-refractivity contribution in [3.8, 4) is 0 Å². The molecule has 0 amide bonds. The van der Waals surface area contributed by atoms with E-state index in [0.29, 0.717) is 0 Å². The van der Waals surface area contributed by atoms with E-state index in [1.165, 1.54) is 0 Å². The van der Waals surface area contributed by atoms with Crippen molar-refractivity contribution in [2.24, 2.45) is 11.8 Å². The summed E-state index contributed by atoms with van der Waals surface area (Å²) in [6.07, 6.45) is -27.4. The van der Waals surface area contributed by atoms with E-state index in [-0.39, 0.29) is 5.57 Å². The van der Waals surface area contributed by atoms with Crippen molar-refractivity contribution in [2.75, 3.05) is 0 Å². The van der Waals surface area contributed by atoms with Gasteiger partial charge in [-0.1, -0.05) is 6.58 Å². The Hall–Kier alpha value is -2.16. The summed E-state index contributed by atoms with van der Waals surface area (Å²) in [6, 6.07) is 0. The molecule has 27 heavy (non-hydrogen) atoms. The molecule has 0 spiro atoms. The fourth-order valence-electron chi connectivity index (χ4n) is 1.39. The fourth-order valence-corrected chi connectivity index (χ4v) is 1.39. The predicted molar refractivity (Wildman–Crippen MR) is 60.2 cm³/mol. The molecule has 0 saturated heterocycles. The first-order valence-corrected chi connectivity index (χ1v) is 5.92. The van der Waals surface area contributed by atoms with Crippen LogP contribution in [0, 0.1) is 11.8 Å². The van der Waals surface area contributed by atoms with E-state index in [0.717, 1.165) is 0 Å². The van der Waals surface area contributed by atoms with Gasteiger partial charge in [0.2, 0.25) is 0 Å². The number of alkyl halides is 12. The van der Waals surface area contributed by atoms with E-state index in [1.807, 2.05) is 0 Å². The number of carboxylic acids is 2. The summed E-state index contributed by atoms with van der Waals surface area (Å²) in [7, 11) is 0. The molecule has 4 nitrogen and oxygen atoms in total. The lowest BCUT2D eigenvalue weighted by atomic mass is 9.89. The first kappa shape index (κ1) is 27.1. The summed E-state index contributed by atoms with van der Waals surface area (Å²) in [5.41, 5.74) is -0.303. The molecule has 0 radical (unpaired) electrons. The fraction of sp³-hybridized carbons (Fsp3) is 0.636. The van der Waals surface area contributed by atoms with Gasteiger partial charge in [-0.25, -0.2) is 4.79 Å². The average Bonchev–Trinajstić information content (AvgIpc) is 2.29. The highest BCUT2D eigenvalue weighted by atomic mass is 19.4. The molecule has 0 unspecified atom stereocenters. The van der Waals surface area contributed by atoms with Crippen LogP contribution in [0.5, 0.6) is 0 Å². The number of rotatable bonds is 4. The third-order valence-corrected chi connectivity index (χ3v) is 2.41. The first-order valence-electron chi connectivity index (χ1n) is 5.92. The van der Waals surface area contributed by atoms with Gasteiger partial charge in [-0.05, 0) is 0 Å². The highest BCUT2D eigenvalue weighted by Gasteiger charge is 2.73. The number of aliphatic carboxylic acids is 2. The maximum atomic E-state index is 11.8. The maximum Gasteiger partial charge on any atom is 0.401 e. The molecule has 0 aromatic rings. The monoisotopic (exact) mass is 432 g/mol. The van der Waals surface area contributed by atoms with Crippen molar-refractivity contribution in [2.45, 2.75) is 31.1 Å². The SMILES string of the molecule is C=C(CC(=O)O)C(=O)O.FC(F)(F)C(C(C(F)(F)F)C(F)(F)F)C(F)(F)F. The minimum Gasteiger partial charge on any atom is -0.481 e. The van der Waals surface area contributed by atoms with E-state index in [9.17, 15) is 62.3 Å². The van der Waals surface area contributed by atoms with Gasteiger partial charge in [0, 0.05) is 5.57 Å². The van der Waals surface area contributed by atoms with Crippen LogP contribution in [0.25, 0.3) is 0 Å². The molecule has 0 heterocycles. The molecule has 0 aromatic heterocycles. The predicted octanol–water partition coefficient (Wildman–Crippen LogP) is 4.57. The zero-order valence-corrected chi connectivity index (χ0v) is 12.3. The quantitative estimate of drug-likeness (QED) is 0.505.